The van der Waals surface area contributed by atoms with Gasteiger partial charge in [-0.2, -0.15) is 0 Å². The third-order valence-corrected chi connectivity index (χ3v) is 3.18. The van der Waals surface area contributed by atoms with Crippen LogP contribution in [-0.4, -0.2) is 36.6 Å². The van der Waals surface area contributed by atoms with E-state index in [1.54, 1.807) is 19.1 Å². The molecule has 1 aliphatic heterocycles. The van der Waals surface area contributed by atoms with Crippen LogP contribution in [0.1, 0.15) is 18.5 Å². The Labute approximate surface area is 116 Å². The highest BCUT2D eigenvalue weighted by atomic mass is 16.6. The average molecular weight is 279 g/mol. The number of rotatable bonds is 4. The molecule has 1 heterocycles. The van der Waals surface area contributed by atoms with Gasteiger partial charge in [0.05, 0.1) is 24.2 Å². The van der Waals surface area contributed by atoms with E-state index >= 15 is 0 Å². The molecule has 1 aliphatic rings. The Morgan fingerprint density at radius 3 is 3.05 bits per heavy atom. The number of hydrogen-bond donors (Lipinski definition) is 2. The lowest BCUT2D eigenvalue weighted by atomic mass is 10.1. The van der Waals surface area contributed by atoms with Gasteiger partial charge in [0.15, 0.2) is 0 Å². The first-order valence-corrected chi connectivity index (χ1v) is 6.44. The van der Waals surface area contributed by atoms with E-state index in [0.29, 0.717) is 25.3 Å². The predicted molar refractivity (Wildman–Crippen MR) is 72.3 cm³/mol. The van der Waals surface area contributed by atoms with Gasteiger partial charge in [0.25, 0.3) is 5.69 Å². The van der Waals surface area contributed by atoms with Crippen LogP contribution in [0.3, 0.4) is 0 Å². The highest BCUT2D eigenvalue weighted by Crippen LogP contribution is 2.19. The second-order valence-electron chi connectivity index (χ2n) is 4.66. The Hall–Kier alpha value is -1.99. The lowest BCUT2D eigenvalue weighted by molar-refractivity contribution is -0.384. The largest absolute Gasteiger partial charge is 0.378 e. The van der Waals surface area contributed by atoms with Crippen molar-refractivity contribution in [1.29, 1.82) is 0 Å². The van der Waals surface area contributed by atoms with Crippen LogP contribution >= 0.6 is 0 Å². The number of nitrogens with zero attached hydrogens (tertiary/aromatic N) is 1. The summed E-state index contributed by atoms with van der Waals surface area (Å²) in [4.78, 5) is 22.3. The smallest absolute Gasteiger partial charge is 0.269 e. The van der Waals surface area contributed by atoms with Crippen molar-refractivity contribution in [3.63, 3.8) is 0 Å². The van der Waals surface area contributed by atoms with Crippen LogP contribution < -0.4 is 10.6 Å². The number of benzene rings is 1. The molecule has 2 atom stereocenters. The van der Waals surface area contributed by atoms with E-state index in [4.69, 9.17) is 4.74 Å². The Morgan fingerprint density at radius 2 is 2.40 bits per heavy atom. The number of hydrogen-bond acceptors (Lipinski definition) is 5. The zero-order valence-electron chi connectivity index (χ0n) is 11.2. The van der Waals surface area contributed by atoms with Gasteiger partial charge in [0.1, 0.15) is 6.04 Å². The molecule has 0 saturated carbocycles. The number of amides is 1. The molecule has 2 unspecified atom stereocenters. The average Bonchev–Trinajstić information content (AvgIpc) is 2.48. The molecular weight excluding hydrogens is 262 g/mol. The first-order valence-electron chi connectivity index (χ1n) is 6.44. The van der Waals surface area contributed by atoms with Gasteiger partial charge in [-0.05, 0) is 12.5 Å². The molecule has 0 aromatic heterocycles. The van der Waals surface area contributed by atoms with Crippen LogP contribution in [-0.2, 0) is 9.53 Å². The fourth-order valence-corrected chi connectivity index (χ4v) is 2.04. The number of carbonyl (C=O) groups is 1. The maximum Gasteiger partial charge on any atom is 0.269 e. The van der Waals surface area contributed by atoms with Crippen LogP contribution in [0.4, 0.5) is 5.69 Å². The fourth-order valence-electron chi connectivity index (χ4n) is 2.04. The molecule has 0 bridgehead atoms. The lowest BCUT2D eigenvalue weighted by Crippen LogP contribution is -2.51. The highest BCUT2D eigenvalue weighted by molar-refractivity contribution is 5.82. The Balaban J connectivity index is 2.00. The van der Waals surface area contributed by atoms with Crippen molar-refractivity contribution in [2.24, 2.45) is 0 Å². The van der Waals surface area contributed by atoms with Gasteiger partial charge in [0.2, 0.25) is 5.91 Å². The molecule has 0 spiro atoms. The molecule has 1 fully saturated rings. The van der Waals surface area contributed by atoms with Gasteiger partial charge in [-0.3, -0.25) is 14.9 Å². The van der Waals surface area contributed by atoms with Crippen molar-refractivity contribution in [3.8, 4) is 0 Å². The first-order chi connectivity index (χ1) is 9.58. The number of carbonyl (C=O) groups excluding carboxylic acids is 1. The second kappa shape index (κ2) is 6.44. The SMILES string of the molecule is CC(NC(=O)C1COCCN1)c1cccc([N+](=O)[O-])c1. The minimum absolute atomic E-state index is 0.0164. The molecule has 1 aromatic carbocycles. The van der Waals surface area contributed by atoms with Crippen molar-refractivity contribution >= 4 is 11.6 Å². The number of nitro benzene ring substituents is 1. The summed E-state index contributed by atoms with van der Waals surface area (Å²) >= 11 is 0. The van der Waals surface area contributed by atoms with Crippen LogP contribution in [0.5, 0.6) is 0 Å². The number of nitro groups is 1. The number of morpholine rings is 1. The Bertz CT molecular complexity index is 500. The number of nitrogens with one attached hydrogen (secondary N) is 2. The zero-order valence-corrected chi connectivity index (χ0v) is 11.2. The van der Waals surface area contributed by atoms with Crippen molar-refractivity contribution in [2.75, 3.05) is 19.8 Å². The summed E-state index contributed by atoms with van der Waals surface area (Å²) in [5.74, 6) is -0.163. The summed E-state index contributed by atoms with van der Waals surface area (Å²) in [6, 6.07) is 5.58. The van der Waals surface area contributed by atoms with E-state index < -0.39 is 4.92 Å². The molecule has 0 aliphatic carbocycles. The van der Waals surface area contributed by atoms with E-state index in [2.05, 4.69) is 10.6 Å². The lowest BCUT2D eigenvalue weighted by Gasteiger charge is -2.24. The van der Waals surface area contributed by atoms with Crippen molar-refractivity contribution in [3.05, 3.63) is 39.9 Å². The summed E-state index contributed by atoms with van der Waals surface area (Å²) in [6.07, 6.45) is 0. The monoisotopic (exact) mass is 279 g/mol. The van der Waals surface area contributed by atoms with E-state index in [-0.39, 0.29) is 23.7 Å². The Kier molecular flexibility index (Phi) is 4.65. The van der Waals surface area contributed by atoms with E-state index in [1.165, 1.54) is 12.1 Å². The molecule has 7 nitrogen and oxygen atoms in total. The molecule has 0 radical (unpaired) electrons. The predicted octanol–water partition coefficient (Wildman–Crippen LogP) is 0.760. The van der Waals surface area contributed by atoms with Gasteiger partial charge in [-0.25, -0.2) is 0 Å². The molecule has 7 heteroatoms. The first kappa shape index (κ1) is 14.4. The maximum absolute atomic E-state index is 12.0. The molecule has 20 heavy (non-hydrogen) atoms. The van der Waals surface area contributed by atoms with Gasteiger partial charge >= 0.3 is 0 Å². The van der Waals surface area contributed by atoms with Crippen LogP contribution in [0.2, 0.25) is 0 Å². The fraction of sp³-hybridized carbons (Fsp3) is 0.462. The van der Waals surface area contributed by atoms with E-state index in [1.807, 2.05) is 0 Å². The quantitative estimate of drug-likeness (QED) is 0.627. The third-order valence-electron chi connectivity index (χ3n) is 3.18. The molecule has 1 saturated heterocycles. The topological polar surface area (TPSA) is 93.5 Å². The molecule has 2 rings (SSSR count). The summed E-state index contributed by atoms with van der Waals surface area (Å²) in [6.45, 7) is 3.38. The highest BCUT2D eigenvalue weighted by Gasteiger charge is 2.23. The number of ether oxygens (including phenoxy) is 1. The number of non-ortho nitro benzene ring substituents is 1. The molecule has 2 N–H and O–H groups in total. The van der Waals surface area contributed by atoms with Gasteiger partial charge in [0, 0.05) is 18.7 Å². The van der Waals surface area contributed by atoms with Crippen LogP contribution in [0.15, 0.2) is 24.3 Å². The van der Waals surface area contributed by atoms with Gasteiger partial charge < -0.3 is 15.4 Å². The van der Waals surface area contributed by atoms with Crippen LogP contribution in [0.25, 0.3) is 0 Å². The maximum atomic E-state index is 12.0. The summed E-state index contributed by atoms with van der Waals surface area (Å²) in [5, 5.41) is 16.6. The summed E-state index contributed by atoms with van der Waals surface area (Å²) in [5.41, 5.74) is 0.715. The second-order valence-corrected chi connectivity index (χ2v) is 4.66. The van der Waals surface area contributed by atoms with Crippen molar-refractivity contribution in [1.82, 2.24) is 10.6 Å². The van der Waals surface area contributed by atoms with Crippen molar-refractivity contribution < 1.29 is 14.5 Å². The molecule has 1 aromatic rings. The molecule has 108 valence electrons. The van der Waals surface area contributed by atoms with Crippen LogP contribution in [0, 0.1) is 10.1 Å². The van der Waals surface area contributed by atoms with Gasteiger partial charge in [-0.1, -0.05) is 12.1 Å². The minimum atomic E-state index is -0.450. The standard InChI is InChI=1S/C13H17N3O4/c1-9(10-3-2-4-11(7-10)16(18)19)15-13(17)12-8-20-6-5-14-12/h2-4,7,9,12,14H,5-6,8H2,1H3,(H,15,17). The third kappa shape index (κ3) is 3.52. The normalized spacial score (nSPS) is 20.1. The van der Waals surface area contributed by atoms with Crippen molar-refractivity contribution in [2.45, 2.75) is 19.0 Å². The van der Waals surface area contributed by atoms with E-state index in [9.17, 15) is 14.9 Å². The minimum Gasteiger partial charge on any atom is -0.378 e. The summed E-state index contributed by atoms with van der Waals surface area (Å²) in [7, 11) is 0. The molecule has 1 amide bonds. The van der Waals surface area contributed by atoms with Gasteiger partial charge in [-0.15, -0.1) is 0 Å². The zero-order chi connectivity index (χ0) is 14.5. The summed E-state index contributed by atoms with van der Waals surface area (Å²) < 4.78 is 5.23. The Morgan fingerprint density at radius 1 is 1.60 bits per heavy atom. The molecular formula is C13H17N3O4. The van der Waals surface area contributed by atoms with E-state index in [0.717, 1.165) is 0 Å².